The second-order valence-corrected chi connectivity index (χ2v) is 6.86. The number of hydrogen-bond acceptors (Lipinski definition) is 5. The fourth-order valence-corrected chi connectivity index (χ4v) is 4.04. The Balaban J connectivity index is 1.88. The van der Waals surface area contributed by atoms with Crippen LogP contribution in [0.5, 0.6) is 0 Å². The van der Waals surface area contributed by atoms with Crippen LogP contribution in [0.2, 0.25) is 0 Å². The van der Waals surface area contributed by atoms with Gasteiger partial charge >= 0.3 is 0 Å². The Hall–Kier alpha value is -1.89. The van der Waals surface area contributed by atoms with Crippen molar-refractivity contribution in [2.45, 2.75) is 17.8 Å². The van der Waals surface area contributed by atoms with Gasteiger partial charge in [0.2, 0.25) is 0 Å². The second kappa shape index (κ2) is 7.12. The topological polar surface area (TPSA) is 55.1 Å². The molecule has 1 unspecified atom stereocenters. The minimum absolute atomic E-state index is 0.0622. The minimum Gasteiger partial charge on any atom is -0.388 e. The Morgan fingerprint density at radius 1 is 1.35 bits per heavy atom. The van der Waals surface area contributed by atoms with E-state index < -0.39 is 6.10 Å². The molecule has 3 rings (SSSR count). The molecule has 4 nitrogen and oxygen atoms in total. The number of thioether (sulfide) groups is 1. The summed E-state index contributed by atoms with van der Waals surface area (Å²) < 4.78 is 1.60. The van der Waals surface area contributed by atoms with E-state index in [1.54, 1.807) is 16.7 Å². The molecule has 0 aliphatic rings. The average molecular weight is 344 g/mol. The molecule has 118 valence electrons. The molecule has 0 radical (unpaired) electrons. The van der Waals surface area contributed by atoms with Gasteiger partial charge in [0.1, 0.15) is 4.83 Å². The van der Waals surface area contributed by atoms with Gasteiger partial charge in [-0.2, -0.15) is 0 Å². The van der Waals surface area contributed by atoms with Crippen molar-refractivity contribution in [1.82, 2.24) is 9.55 Å². The number of nitrogens with zero attached hydrogens (tertiary/aromatic N) is 2. The van der Waals surface area contributed by atoms with E-state index in [9.17, 15) is 9.90 Å². The maximum Gasteiger partial charge on any atom is 0.263 e. The van der Waals surface area contributed by atoms with Crippen LogP contribution in [0.15, 0.2) is 64.4 Å². The maximum absolute atomic E-state index is 12.5. The highest BCUT2D eigenvalue weighted by Crippen LogP contribution is 2.25. The standard InChI is InChI=1S/C17H16N2O2S2/c1-2-9-19-16(21)13-8-10-22-15(13)18-17(19)23-11-14(20)12-6-4-3-5-7-12/h2-8,10,14,20H,1,9,11H2. The number of allylic oxidation sites excluding steroid dienone is 1. The first-order valence-corrected chi connectivity index (χ1v) is 9.02. The minimum atomic E-state index is -0.602. The van der Waals surface area contributed by atoms with Crippen LogP contribution in [0.4, 0.5) is 0 Å². The molecule has 0 fully saturated rings. The molecule has 23 heavy (non-hydrogen) atoms. The molecule has 0 spiro atoms. The number of aliphatic hydroxyl groups is 1. The van der Waals surface area contributed by atoms with Gasteiger partial charge in [0.05, 0.1) is 11.5 Å². The van der Waals surface area contributed by atoms with Crippen LogP contribution in [0.25, 0.3) is 10.2 Å². The zero-order chi connectivity index (χ0) is 16.2. The van der Waals surface area contributed by atoms with Gasteiger partial charge < -0.3 is 5.11 Å². The number of aliphatic hydroxyl groups excluding tert-OH is 1. The maximum atomic E-state index is 12.5. The van der Waals surface area contributed by atoms with Crippen molar-refractivity contribution >= 4 is 33.3 Å². The molecule has 3 aromatic rings. The van der Waals surface area contributed by atoms with Crippen molar-refractivity contribution < 1.29 is 5.11 Å². The van der Waals surface area contributed by atoms with Crippen molar-refractivity contribution in [2.24, 2.45) is 0 Å². The largest absolute Gasteiger partial charge is 0.388 e. The van der Waals surface area contributed by atoms with Gasteiger partial charge in [0, 0.05) is 12.3 Å². The van der Waals surface area contributed by atoms with Gasteiger partial charge in [-0.1, -0.05) is 48.2 Å². The lowest BCUT2D eigenvalue weighted by Crippen LogP contribution is -2.22. The zero-order valence-corrected chi connectivity index (χ0v) is 14.0. The van der Waals surface area contributed by atoms with Crippen LogP contribution in [0, 0.1) is 0 Å². The molecule has 0 amide bonds. The van der Waals surface area contributed by atoms with Crippen molar-refractivity contribution in [1.29, 1.82) is 0 Å². The summed E-state index contributed by atoms with van der Waals surface area (Å²) in [5.74, 6) is 0.435. The number of aromatic nitrogens is 2. The molecule has 2 heterocycles. The van der Waals surface area contributed by atoms with E-state index in [4.69, 9.17) is 0 Å². The van der Waals surface area contributed by atoms with Crippen LogP contribution in [-0.2, 0) is 6.54 Å². The number of rotatable bonds is 6. The molecular weight excluding hydrogens is 328 g/mol. The summed E-state index contributed by atoms with van der Waals surface area (Å²) in [6.07, 6.45) is 1.08. The molecule has 0 saturated carbocycles. The highest BCUT2D eigenvalue weighted by molar-refractivity contribution is 7.99. The van der Waals surface area contributed by atoms with Gasteiger partial charge in [0.25, 0.3) is 5.56 Å². The van der Waals surface area contributed by atoms with Crippen molar-refractivity contribution in [3.8, 4) is 0 Å². The van der Waals surface area contributed by atoms with E-state index in [1.807, 2.05) is 35.7 Å². The first-order chi connectivity index (χ1) is 11.2. The molecule has 1 N–H and O–H groups in total. The van der Waals surface area contributed by atoms with Crippen LogP contribution < -0.4 is 5.56 Å². The highest BCUT2D eigenvalue weighted by atomic mass is 32.2. The molecular formula is C17H16N2O2S2. The fourth-order valence-electron chi connectivity index (χ4n) is 2.26. The number of benzene rings is 1. The lowest BCUT2D eigenvalue weighted by molar-refractivity contribution is 0.204. The summed E-state index contributed by atoms with van der Waals surface area (Å²) >= 11 is 2.83. The normalized spacial score (nSPS) is 12.4. The van der Waals surface area contributed by atoms with Crippen LogP contribution >= 0.6 is 23.1 Å². The van der Waals surface area contributed by atoms with Crippen molar-refractivity contribution in [3.63, 3.8) is 0 Å². The summed E-state index contributed by atoms with van der Waals surface area (Å²) in [4.78, 5) is 17.8. The molecule has 2 aromatic heterocycles. The third-order valence-electron chi connectivity index (χ3n) is 3.41. The van der Waals surface area contributed by atoms with Gasteiger partial charge in [-0.15, -0.1) is 17.9 Å². The Labute approximate surface area is 142 Å². The predicted molar refractivity (Wildman–Crippen MR) is 96.2 cm³/mol. The molecule has 0 saturated heterocycles. The number of thiophene rings is 1. The van der Waals surface area contributed by atoms with Crippen LogP contribution in [0.1, 0.15) is 11.7 Å². The molecule has 0 aliphatic carbocycles. The summed E-state index contributed by atoms with van der Waals surface area (Å²) in [6, 6.07) is 11.3. The lowest BCUT2D eigenvalue weighted by atomic mass is 10.1. The monoisotopic (exact) mass is 344 g/mol. The number of hydrogen-bond donors (Lipinski definition) is 1. The smallest absolute Gasteiger partial charge is 0.263 e. The Morgan fingerprint density at radius 3 is 2.87 bits per heavy atom. The Bertz CT molecular complexity index is 871. The summed E-state index contributed by atoms with van der Waals surface area (Å²) in [6.45, 7) is 4.11. The van der Waals surface area contributed by atoms with Gasteiger partial charge in [-0.05, 0) is 17.0 Å². The average Bonchev–Trinajstić information content (AvgIpc) is 3.05. The van der Waals surface area contributed by atoms with E-state index in [2.05, 4.69) is 11.6 Å². The van der Waals surface area contributed by atoms with Crippen LogP contribution in [0.3, 0.4) is 0 Å². The van der Waals surface area contributed by atoms with Crippen LogP contribution in [-0.4, -0.2) is 20.4 Å². The van der Waals surface area contributed by atoms with Crippen molar-refractivity contribution in [3.05, 3.63) is 70.4 Å². The second-order valence-electron chi connectivity index (χ2n) is 4.98. The molecule has 0 aliphatic heterocycles. The first-order valence-electron chi connectivity index (χ1n) is 7.15. The van der Waals surface area contributed by atoms with Gasteiger partial charge in [-0.25, -0.2) is 4.98 Å². The van der Waals surface area contributed by atoms with E-state index >= 15 is 0 Å². The fraction of sp³-hybridized carbons (Fsp3) is 0.176. The van der Waals surface area contributed by atoms with Gasteiger partial charge in [0.15, 0.2) is 5.16 Å². The predicted octanol–water partition coefficient (Wildman–Crippen LogP) is 3.47. The van der Waals surface area contributed by atoms with E-state index in [-0.39, 0.29) is 5.56 Å². The molecule has 6 heteroatoms. The Morgan fingerprint density at radius 2 is 2.13 bits per heavy atom. The SMILES string of the molecule is C=CCn1c(SCC(O)c2ccccc2)nc2sccc2c1=O. The molecule has 0 bridgehead atoms. The summed E-state index contributed by atoms with van der Waals surface area (Å²) in [5, 5.41) is 13.4. The van der Waals surface area contributed by atoms with E-state index in [1.165, 1.54) is 23.1 Å². The Kier molecular flexibility index (Phi) is 4.95. The third-order valence-corrected chi connectivity index (χ3v) is 5.27. The first kappa shape index (κ1) is 16.0. The zero-order valence-electron chi connectivity index (χ0n) is 12.4. The summed E-state index contributed by atoms with van der Waals surface area (Å²) in [7, 11) is 0. The van der Waals surface area contributed by atoms with E-state index in [0.717, 1.165) is 10.4 Å². The van der Waals surface area contributed by atoms with Crippen molar-refractivity contribution in [2.75, 3.05) is 5.75 Å². The highest BCUT2D eigenvalue weighted by Gasteiger charge is 2.14. The lowest BCUT2D eigenvalue weighted by Gasteiger charge is -2.13. The molecule has 1 atom stereocenters. The quantitative estimate of drug-likeness (QED) is 0.423. The number of fused-ring (bicyclic) bond motifs is 1. The summed E-state index contributed by atoms with van der Waals surface area (Å²) in [5.41, 5.74) is 0.794. The third kappa shape index (κ3) is 3.39. The molecule has 1 aromatic carbocycles. The van der Waals surface area contributed by atoms with Gasteiger partial charge in [-0.3, -0.25) is 9.36 Å². The van der Waals surface area contributed by atoms with E-state index in [0.29, 0.717) is 22.8 Å².